The zero-order chi connectivity index (χ0) is 17.7. The van der Waals surface area contributed by atoms with Crippen LogP contribution in [-0.2, 0) is 6.42 Å². The quantitative estimate of drug-likeness (QED) is 0.694. The maximum atomic E-state index is 10.2. The second-order valence-corrected chi connectivity index (χ2v) is 8.35. The highest BCUT2D eigenvalue weighted by Crippen LogP contribution is 2.31. The molecular formula is C21H27NOS. The Balaban J connectivity index is 2.12. The molecule has 0 unspecified atom stereocenters. The van der Waals surface area contributed by atoms with Crippen LogP contribution in [0, 0.1) is 5.41 Å². The van der Waals surface area contributed by atoms with E-state index in [0.29, 0.717) is 5.75 Å². The van der Waals surface area contributed by atoms with Crippen LogP contribution >= 0.6 is 11.8 Å². The van der Waals surface area contributed by atoms with Crippen molar-refractivity contribution in [2.45, 2.75) is 32.1 Å². The predicted octanol–water partition coefficient (Wildman–Crippen LogP) is 5.81. The zero-order valence-corrected chi connectivity index (χ0v) is 16.0. The molecule has 0 atom stereocenters. The van der Waals surface area contributed by atoms with Gasteiger partial charge in [-0.1, -0.05) is 50.7 Å². The molecule has 0 aromatic heterocycles. The molecule has 0 aliphatic carbocycles. The number of anilines is 1. The van der Waals surface area contributed by atoms with E-state index in [4.69, 9.17) is 0 Å². The van der Waals surface area contributed by atoms with Crippen molar-refractivity contribution < 1.29 is 5.11 Å². The van der Waals surface area contributed by atoms with Gasteiger partial charge in [-0.2, -0.15) is 0 Å². The van der Waals surface area contributed by atoms with Crippen LogP contribution in [0.4, 0.5) is 5.69 Å². The third kappa shape index (κ3) is 5.34. The molecule has 2 aromatic rings. The topological polar surface area (TPSA) is 23.5 Å². The molecule has 2 aromatic carbocycles. The van der Waals surface area contributed by atoms with Gasteiger partial charge in [0.25, 0.3) is 0 Å². The van der Waals surface area contributed by atoms with Gasteiger partial charge < -0.3 is 10.0 Å². The van der Waals surface area contributed by atoms with Gasteiger partial charge in [0.15, 0.2) is 0 Å². The summed E-state index contributed by atoms with van der Waals surface area (Å²) in [6.45, 7) is 6.78. The number of hydrogen-bond donors (Lipinski definition) is 1. The van der Waals surface area contributed by atoms with E-state index in [0.717, 1.165) is 17.7 Å². The monoisotopic (exact) mass is 341 g/mol. The molecule has 2 nitrogen and oxygen atoms in total. The summed E-state index contributed by atoms with van der Waals surface area (Å²) in [4.78, 5) is 3.25. The SMILES string of the molecule is CN(C)c1ccc(/C=C/Sc2ccccc2CC(C)(C)C)c(O)c1. The molecule has 24 heavy (non-hydrogen) atoms. The molecule has 1 N–H and O–H groups in total. The summed E-state index contributed by atoms with van der Waals surface area (Å²) in [5.74, 6) is 0.307. The summed E-state index contributed by atoms with van der Waals surface area (Å²) in [5.41, 5.74) is 3.46. The second-order valence-electron chi connectivity index (χ2n) is 7.40. The summed E-state index contributed by atoms with van der Waals surface area (Å²) in [6.07, 6.45) is 3.01. The number of phenolic OH excluding ortho intramolecular Hbond substituents is 1. The number of hydrogen-bond acceptors (Lipinski definition) is 3. The van der Waals surface area contributed by atoms with Crippen LogP contribution in [0.5, 0.6) is 5.75 Å². The van der Waals surface area contributed by atoms with Crippen molar-refractivity contribution in [1.29, 1.82) is 0 Å². The Labute approximate surface area is 150 Å². The lowest BCUT2D eigenvalue weighted by Gasteiger charge is -2.19. The first kappa shape index (κ1) is 18.5. The average molecular weight is 342 g/mol. The van der Waals surface area contributed by atoms with Gasteiger partial charge in [0.2, 0.25) is 0 Å². The van der Waals surface area contributed by atoms with Gasteiger partial charge in [-0.15, -0.1) is 0 Å². The Morgan fingerprint density at radius 3 is 2.42 bits per heavy atom. The number of nitrogens with zero attached hydrogens (tertiary/aromatic N) is 1. The van der Waals surface area contributed by atoms with Crippen LogP contribution in [0.1, 0.15) is 31.9 Å². The van der Waals surface area contributed by atoms with Crippen molar-refractivity contribution >= 4 is 23.5 Å². The molecule has 0 aliphatic rings. The van der Waals surface area contributed by atoms with Crippen molar-refractivity contribution in [2.24, 2.45) is 5.41 Å². The van der Waals surface area contributed by atoms with Crippen LogP contribution in [0.25, 0.3) is 6.08 Å². The maximum Gasteiger partial charge on any atom is 0.124 e. The molecule has 0 fully saturated rings. The molecule has 0 amide bonds. The lowest BCUT2D eigenvalue weighted by atomic mass is 9.88. The first-order chi connectivity index (χ1) is 11.3. The molecule has 0 aliphatic heterocycles. The van der Waals surface area contributed by atoms with Gasteiger partial charge >= 0.3 is 0 Å². The lowest BCUT2D eigenvalue weighted by molar-refractivity contribution is 0.408. The Hall–Kier alpha value is -1.87. The van der Waals surface area contributed by atoms with Crippen LogP contribution < -0.4 is 4.90 Å². The number of rotatable bonds is 5. The fraction of sp³-hybridized carbons (Fsp3) is 0.333. The highest BCUT2D eigenvalue weighted by Gasteiger charge is 2.13. The standard InChI is InChI=1S/C21H27NOS/c1-21(2,3)15-17-8-6-7-9-20(17)24-13-12-16-10-11-18(22(4)5)14-19(16)23/h6-14,23H,15H2,1-5H3/b13-12+. The largest absolute Gasteiger partial charge is 0.507 e. The summed E-state index contributed by atoms with van der Waals surface area (Å²) in [5, 5.41) is 12.2. The van der Waals surface area contributed by atoms with Gasteiger partial charge in [-0.3, -0.25) is 0 Å². The Kier molecular flexibility index (Phi) is 6.00. The summed E-state index contributed by atoms with van der Waals surface area (Å²) >= 11 is 1.70. The molecule has 2 rings (SSSR count). The second kappa shape index (κ2) is 7.80. The molecule has 0 heterocycles. The van der Waals surface area contributed by atoms with E-state index in [2.05, 4.69) is 45.0 Å². The Morgan fingerprint density at radius 1 is 1.08 bits per heavy atom. The summed E-state index contributed by atoms with van der Waals surface area (Å²) < 4.78 is 0. The van der Waals surface area contributed by atoms with E-state index >= 15 is 0 Å². The highest BCUT2D eigenvalue weighted by molar-refractivity contribution is 8.02. The van der Waals surface area contributed by atoms with Gasteiger partial charge in [-0.25, -0.2) is 0 Å². The van der Waals surface area contributed by atoms with Gasteiger partial charge in [0.05, 0.1) is 0 Å². The first-order valence-corrected chi connectivity index (χ1v) is 9.06. The third-order valence-corrected chi connectivity index (χ3v) is 4.59. The molecule has 0 radical (unpaired) electrons. The van der Waals surface area contributed by atoms with Crippen LogP contribution in [-0.4, -0.2) is 19.2 Å². The van der Waals surface area contributed by atoms with E-state index < -0.39 is 0 Å². The molecule has 128 valence electrons. The van der Waals surface area contributed by atoms with E-state index in [1.54, 1.807) is 17.8 Å². The fourth-order valence-corrected chi connectivity index (χ4v) is 3.28. The zero-order valence-electron chi connectivity index (χ0n) is 15.2. The van der Waals surface area contributed by atoms with Crippen LogP contribution in [0.15, 0.2) is 52.8 Å². The van der Waals surface area contributed by atoms with Crippen molar-refractivity contribution in [2.75, 3.05) is 19.0 Å². The van der Waals surface area contributed by atoms with E-state index in [9.17, 15) is 5.11 Å². The molecule has 0 bridgehead atoms. The minimum absolute atomic E-state index is 0.265. The van der Waals surface area contributed by atoms with Crippen molar-refractivity contribution in [3.05, 3.63) is 59.0 Å². The smallest absolute Gasteiger partial charge is 0.124 e. The summed E-state index contributed by atoms with van der Waals surface area (Å²) in [7, 11) is 3.93. The van der Waals surface area contributed by atoms with Gasteiger partial charge in [0.1, 0.15) is 5.75 Å². The first-order valence-electron chi connectivity index (χ1n) is 8.18. The lowest BCUT2D eigenvalue weighted by Crippen LogP contribution is -2.09. The molecule has 0 saturated heterocycles. The van der Waals surface area contributed by atoms with Crippen LogP contribution in [0.2, 0.25) is 0 Å². The Morgan fingerprint density at radius 2 is 1.79 bits per heavy atom. The number of benzene rings is 2. The highest BCUT2D eigenvalue weighted by atomic mass is 32.2. The van der Waals surface area contributed by atoms with Crippen molar-refractivity contribution in [1.82, 2.24) is 0 Å². The average Bonchev–Trinajstić information content (AvgIpc) is 2.49. The molecular weight excluding hydrogens is 314 g/mol. The minimum atomic E-state index is 0.265. The number of phenols is 1. The molecule has 0 saturated carbocycles. The number of thioether (sulfide) groups is 1. The maximum absolute atomic E-state index is 10.2. The Bertz CT molecular complexity index is 714. The van der Waals surface area contributed by atoms with Gasteiger partial charge in [-0.05, 0) is 47.1 Å². The summed E-state index contributed by atoms with van der Waals surface area (Å²) in [6, 6.07) is 14.3. The van der Waals surface area contributed by atoms with E-state index in [-0.39, 0.29) is 5.41 Å². The normalized spacial score (nSPS) is 11.9. The van der Waals surface area contributed by atoms with Crippen molar-refractivity contribution in [3.8, 4) is 5.75 Å². The number of aromatic hydroxyl groups is 1. The predicted molar refractivity (Wildman–Crippen MR) is 107 cm³/mol. The van der Waals surface area contributed by atoms with E-state index in [1.807, 2.05) is 42.6 Å². The van der Waals surface area contributed by atoms with Gasteiger partial charge in [0, 0.05) is 36.3 Å². The minimum Gasteiger partial charge on any atom is -0.507 e. The third-order valence-electron chi connectivity index (χ3n) is 3.67. The van der Waals surface area contributed by atoms with Crippen LogP contribution in [0.3, 0.4) is 0 Å². The molecule has 0 spiro atoms. The van der Waals surface area contributed by atoms with Crippen molar-refractivity contribution in [3.63, 3.8) is 0 Å². The van der Waals surface area contributed by atoms with E-state index in [1.165, 1.54) is 10.5 Å². The fourth-order valence-electron chi connectivity index (χ4n) is 2.47. The molecule has 3 heteroatoms.